The fraction of sp³-hybridized carbons (Fsp3) is 0.385. The standard InChI is InChI=1S/C13H16N2O3/c1-7-4-3-5-9(6-7)11-10(15-13(17)18)8(2)12(16)14-11/h3-6,8,10-11,15H,1-2H3,(H,14,16)(H,17,18)/t8-,10-,11+/m0/s1. The lowest BCUT2D eigenvalue weighted by Crippen LogP contribution is -2.40. The third kappa shape index (κ3) is 2.30. The summed E-state index contributed by atoms with van der Waals surface area (Å²) in [7, 11) is 0. The number of carbonyl (C=O) groups is 2. The fourth-order valence-electron chi connectivity index (χ4n) is 2.33. The first-order chi connectivity index (χ1) is 8.49. The smallest absolute Gasteiger partial charge is 0.404 e. The highest BCUT2D eigenvalue weighted by atomic mass is 16.4. The molecule has 1 aliphatic rings. The largest absolute Gasteiger partial charge is 0.465 e. The lowest BCUT2D eigenvalue weighted by atomic mass is 9.94. The molecule has 1 saturated heterocycles. The van der Waals surface area contributed by atoms with E-state index < -0.39 is 12.1 Å². The normalized spacial score (nSPS) is 26.8. The second-order valence-corrected chi connectivity index (χ2v) is 4.66. The van der Waals surface area contributed by atoms with E-state index in [1.54, 1.807) is 6.92 Å². The van der Waals surface area contributed by atoms with Crippen molar-refractivity contribution < 1.29 is 14.7 Å². The molecule has 5 nitrogen and oxygen atoms in total. The summed E-state index contributed by atoms with van der Waals surface area (Å²) in [6.45, 7) is 3.69. The van der Waals surface area contributed by atoms with E-state index in [4.69, 9.17) is 5.11 Å². The predicted molar refractivity (Wildman–Crippen MR) is 66.2 cm³/mol. The van der Waals surface area contributed by atoms with Crippen LogP contribution in [0.25, 0.3) is 0 Å². The van der Waals surface area contributed by atoms with Gasteiger partial charge in [0.25, 0.3) is 0 Å². The van der Waals surface area contributed by atoms with Gasteiger partial charge in [-0.3, -0.25) is 4.79 Å². The first-order valence-electron chi connectivity index (χ1n) is 5.85. The molecule has 1 aromatic carbocycles. The van der Waals surface area contributed by atoms with Gasteiger partial charge in [0, 0.05) is 0 Å². The zero-order valence-electron chi connectivity index (χ0n) is 10.3. The highest BCUT2D eigenvalue weighted by Crippen LogP contribution is 2.28. The molecule has 0 radical (unpaired) electrons. The van der Waals surface area contributed by atoms with Crippen LogP contribution < -0.4 is 10.6 Å². The summed E-state index contributed by atoms with van der Waals surface area (Å²) >= 11 is 0. The van der Waals surface area contributed by atoms with E-state index in [1.807, 2.05) is 31.2 Å². The molecule has 1 aromatic rings. The van der Waals surface area contributed by atoms with Crippen molar-refractivity contribution in [3.63, 3.8) is 0 Å². The average molecular weight is 248 g/mol. The Hall–Kier alpha value is -2.04. The highest BCUT2D eigenvalue weighted by molar-refractivity contribution is 5.83. The van der Waals surface area contributed by atoms with Crippen molar-refractivity contribution in [2.24, 2.45) is 5.92 Å². The van der Waals surface area contributed by atoms with Gasteiger partial charge in [-0.15, -0.1) is 0 Å². The Kier molecular flexibility index (Phi) is 3.23. The number of rotatable bonds is 2. The number of hydrogen-bond donors (Lipinski definition) is 3. The maximum Gasteiger partial charge on any atom is 0.404 e. The monoisotopic (exact) mass is 248 g/mol. The van der Waals surface area contributed by atoms with Crippen LogP contribution >= 0.6 is 0 Å². The van der Waals surface area contributed by atoms with Crippen LogP contribution in [0.1, 0.15) is 24.1 Å². The molecule has 1 fully saturated rings. The molecule has 2 amide bonds. The Morgan fingerprint density at radius 2 is 2.17 bits per heavy atom. The molecule has 0 aromatic heterocycles. The second kappa shape index (κ2) is 4.68. The van der Waals surface area contributed by atoms with Crippen molar-refractivity contribution >= 4 is 12.0 Å². The lowest BCUT2D eigenvalue weighted by Gasteiger charge is -2.21. The van der Waals surface area contributed by atoms with Crippen molar-refractivity contribution in [2.45, 2.75) is 25.9 Å². The molecule has 0 spiro atoms. The molecule has 1 heterocycles. The summed E-state index contributed by atoms with van der Waals surface area (Å²) < 4.78 is 0. The molecule has 0 bridgehead atoms. The maximum atomic E-state index is 11.7. The molecule has 0 saturated carbocycles. The van der Waals surface area contributed by atoms with E-state index in [0.29, 0.717) is 0 Å². The summed E-state index contributed by atoms with van der Waals surface area (Å²) in [5.74, 6) is -0.494. The van der Waals surface area contributed by atoms with Gasteiger partial charge in [0.05, 0.1) is 18.0 Å². The summed E-state index contributed by atoms with van der Waals surface area (Å²) in [4.78, 5) is 22.5. The van der Waals surface area contributed by atoms with Crippen LogP contribution in [-0.4, -0.2) is 23.1 Å². The lowest BCUT2D eigenvalue weighted by molar-refractivity contribution is -0.122. The van der Waals surface area contributed by atoms with E-state index in [1.165, 1.54) is 0 Å². The number of amides is 2. The second-order valence-electron chi connectivity index (χ2n) is 4.66. The molecular formula is C13H16N2O3. The Morgan fingerprint density at radius 1 is 1.44 bits per heavy atom. The first-order valence-corrected chi connectivity index (χ1v) is 5.85. The Labute approximate surface area is 105 Å². The van der Waals surface area contributed by atoms with Crippen LogP contribution in [0.2, 0.25) is 0 Å². The average Bonchev–Trinajstić information content (AvgIpc) is 2.57. The van der Waals surface area contributed by atoms with Crippen molar-refractivity contribution in [2.75, 3.05) is 0 Å². The molecule has 3 atom stereocenters. The zero-order valence-corrected chi connectivity index (χ0v) is 10.3. The summed E-state index contributed by atoms with van der Waals surface area (Å²) in [5, 5.41) is 14.1. The maximum absolute atomic E-state index is 11.7. The van der Waals surface area contributed by atoms with Gasteiger partial charge in [0.15, 0.2) is 0 Å². The minimum atomic E-state index is -1.11. The molecule has 1 aliphatic heterocycles. The van der Waals surface area contributed by atoms with Gasteiger partial charge < -0.3 is 15.7 Å². The Balaban J connectivity index is 2.30. The number of carbonyl (C=O) groups excluding carboxylic acids is 1. The SMILES string of the molecule is Cc1cccc([C@H]2NC(=O)[C@@H](C)[C@@H]2NC(=O)O)c1. The number of aryl methyl sites for hydroxylation is 1. The van der Waals surface area contributed by atoms with E-state index in [-0.39, 0.29) is 17.9 Å². The number of nitrogens with one attached hydrogen (secondary N) is 2. The molecule has 0 unspecified atom stereocenters. The molecule has 18 heavy (non-hydrogen) atoms. The first kappa shape index (κ1) is 12.4. The van der Waals surface area contributed by atoms with Crippen molar-refractivity contribution in [1.29, 1.82) is 0 Å². The predicted octanol–water partition coefficient (Wildman–Crippen LogP) is 1.44. The molecule has 5 heteroatoms. The van der Waals surface area contributed by atoms with Crippen molar-refractivity contribution in [3.05, 3.63) is 35.4 Å². The Morgan fingerprint density at radius 3 is 2.78 bits per heavy atom. The van der Waals surface area contributed by atoms with Gasteiger partial charge >= 0.3 is 6.09 Å². The molecule has 3 N–H and O–H groups in total. The molecular weight excluding hydrogens is 232 g/mol. The minimum absolute atomic E-state index is 0.125. The summed E-state index contributed by atoms with van der Waals surface area (Å²) in [5.41, 5.74) is 2.00. The third-order valence-corrected chi connectivity index (χ3v) is 3.30. The van der Waals surface area contributed by atoms with Crippen LogP contribution in [0.5, 0.6) is 0 Å². The summed E-state index contributed by atoms with van der Waals surface area (Å²) in [6.07, 6.45) is -1.11. The van der Waals surface area contributed by atoms with Gasteiger partial charge in [-0.25, -0.2) is 4.79 Å². The number of benzene rings is 1. The van der Waals surface area contributed by atoms with Crippen LogP contribution in [0.3, 0.4) is 0 Å². The van der Waals surface area contributed by atoms with Gasteiger partial charge in [-0.05, 0) is 12.5 Å². The van der Waals surface area contributed by atoms with Crippen LogP contribution in [0.4, 0.5) is 4.79 Å². The van der Waals surface area contributed by atoms with Crippen LogP contribution in [0, 0.1) is 12.8 Å². The van der Waals surface area contributed by atoms with Crippen molar-refractivity contribution in [1.82, 2.24) is 10.6 Å². The third-order valence-electron chi connectivity index (χ3n) is 3.30. The van der Waals surface area contributed by atoms with E-state index in [0.717, 1.165) is 11.1 Å². The van der Waals surface area contributed by atoms with E-state index in [2.05, 4.69) is 10.6 Å². The van der Waals surface area contributed by atoms with Gasteiger partial charge in [-0.1, -0.05) is 36.8 Å². The van der Waals surface area contributed by atoms with E-state index >= 15 is 0 Å². The van der Waals surface area contributed by atoms with Gasteiger partial charge in [-0.2, -0.15) is 0 Å². The topological polar surface area (TPSA) is 78.4 Å². The molecule has 2 rings (SSSR count). The molecule has 96 valence electrons. The number of carboxylic acid groups (broad SMARTS) is 1. The van der Waals surface area contributed by atoms with Gasteiger partial charge in [0.2, 0.25) is 5.91 Å². The van der Waals surface area contributed by atoms with Crippen LogP contribution in [-0.2, 0) is 4.79 Å². The van der Waals surface area contributed by atoms with Crippen LogP contribution in [0.15, 0.2) is 24.3 Å². The fourth-order valence-corrected chi connectivity index (χ4v) is 2.33. The Bertz CT molecular complexity index is 487. The zero-order chi connectivity index (χ0) is 13.3. The summed E-state index contributed by atoms with van der Waals surface area (Å²) in [6, 6.07) is 6.98. The van der Waals surface area contributed by atoms with Crippen molar-refractivity contribution in [3.8, 4) is 0 Å². The number of hydrogen-bond acceptors (Lipinski definition) is 2. The molecule has 0 aliphatic carbocycles. The highest BCUT2D eigenvalue weighted by Gasteiger charge is 2.41. The van der Waals surface area contributed by atoms with E-state index in [9.17, 15) is 9.59 Å². The quantitative estimate of drug-likeness (QED) is 0.741. The minimum Gasteiger partial charge on any atom is -0.465 e. The van der Waals surface area contributed by atoms with Gasteiger partial charge in [0.1, 0.15) is 0 Å².